The van der Waals surface area contributed by atoms with Gasteiger partial charge in [0.25, 0.3) is 5.91 Å². The number of benzene rings is 2. The molecule has 2 rings (SSSR count). The summed E-state index contributed by atoms with van der Waals surface area (Å²) < 4.78 is 5.13. The molecule has 2 aromatic carbocycles. The van der Waals surface area contributed by atoms with Crippen LogP contribution >= 0.6 is 0 Å². The number of Topliss-reactive ketones (excluding diaryl/α,β-unsaturated/α-hetero) is 1. The molecule has 362 valence electrons. The van der Waals surface area contributed by atoms with E-state index in [1.54, 1.807) is 96.1 Å². The van der Waals surface area contributed by atoms with Crippen molar-refractivity contribution in [2.45, 2.75) is 143 Å². The van der Waals surface area contributed by atoms with Crippen molar-refractivity contribution in [3.8, 4) is 0 Å². The minimum Gasteiger partial charge on any atom is -0.481 e. The van der Waals surface area contributed by atoms with Gasteiger partial charge < -0.3 is 52.6 Å². The van der Waals surface area contributed by atoms with Gasteiger partial charge in [-0.05, 0) is 54.2 Å². The topological polar surface area (TPSA) is 319 Å². The largest absolute Gasteiger partial charge is 0.481 e. The molecule has 10 N–H and O–H groups in total. The summed E-state index contributed by atoms with van der Waals surface area (Å²) in [6.45, 7) is 11.9. The fraction of sp³-hybridized carbons (Fsp3) is 0.522. The number of nitrogens with two attached hydrogens (primary N) is 1. The molecule has 0 saturated heterocycles. The number of hydrogen-bond acceptors (Lipinski definition) is 11. The summed E-state index contributed by atoms with van der Waals surface area (Å²) >= 11 is 0. The molecule has 0 bridgehead atoms. The van der Waals surface area contributed by atoms with E-state index >= 15 is 0 Å². The number of carboxylic acids is 2. The van der Waals surface area contributed by atoms with Crippen LogP contribution in [0, 0.1) is 18.3 Å². The molecule has 0 unspecified atom stereocenters. The molecule has 0 heterocycles. The van der Waals surface area contributed by atoms with Gasteiger partial charge in [-0.2, -0.15) is 0 Å². The fourth-order valence-corrected chi connectivity index (χ4v) is 6.64. The molecule has 0 radical (unpaired) electrons. The summed E-state index contributed by atoms with van der Waals surface area (Å²) in [7, 11) is 0. The van der Waals surface area contributed by atoms with E-state index < -0.39 is 120 Å². The second-order valence-electron chi connectivity index (χ2n) is 17.5. The van der Waals surface area contributed by atoms with Gasteiger partial charge in [0.1, 0.15) is 36.8 Å². The van der Waals surface area contributed by atoms with Crippen molar-refractivity contribution in [1.29, 1.82) is 0 Å². The first kappa shape index (κ1) is 55.3. The second-order valence-corrected chi connectivity index (χ2v) is 17.5. The zero-order valence-electron chi connectivity index (χ0n) is 38.6. The molecule has 0 aliphatic carbocycles. The summed E-state index contributed by atoms with van der Waals surface area (Å²) in [5.74, 6) is -9.87. The zero-order chi connectivity index (χ0) is 49.7. The average molecular weight is 924 g/mol. The van der Waals surface area contributed by atoms with Gasteiger partial charge in [0.2, 0.25) is 35.3 Å². The van der Waals surface area contributed by atoms with Crippen LogP contribution in [-0.2, 0) is 60.9 Å². The molecule has 0 aliphatic rings. The van der Waals surface area contributed by atoms with Gasteiger partial charge in [-0.1, -0.05) is 109 Å². The predicted molar refractivity (Wildman–Crippen MR) is 240 cm³/mol. The number of carboxylic acid groups (broad SMARTS) is 2. The lowest BCUT2D eigenvalue weighted by molar-refractivity contribution is -0.140. The molecule has 0 aliphatic heterocycles. The number of alkyl carbamates (subject to hydrolysis) is 1. The Bertz CT molecular complexity index is 2040. The van der Waals surface area contributed by atoms with Crippen molar-refractivity contribution in [2.75, 3.05) is 0 Å². The Morgan fingerprint density at radius 1 is 0.652 bits per heavy atom. The highest BCUT2D eigenvalue weighted by molar-refractivity contribution is 6.37. The summed E-state index contributed by atoms with van der Waals surface area (Å²) in [6.07, 6.45) is -2.07. The van der Waals surface area contributed by atoms with Crippen LogP contribution in [0.3, 0.4) is 0 Å². The van der Waals surface area contributed by atoms with Gasteiger partial charge >= 0.3 is 18.0 Å². The van der Waals surface area contributed by atoms with E-state index in [9.17, 15) is 58.2 Å². The predicted octanol–water partition coefficient (Wildman–Crippen LogP) is 1.93. The highest BCUT2D eigenvalue weighted by atomic mass is 16.5. The van der Waals surface area contributed by atoms with Crippen molar-refractivity contribution >= 4 is 59.3 Å². The Morgan fingerprint density at radius 3 is 1.76 bits per heavy atom. The molecule has 20 heteroatoms. The number of amides is 7. The number of aryl methyl sites for hydroxylation is 1. The number of ketones is 1. The molecular weight excluding hydrogens is 859 g/mol. The molecule has 6 atom stereocenters. The highest BCUT2D eigenvalue weighted by Gasteiger charge is 2.39. The lowest BCUT2D eigenvalue weighted by Crippen LogP contribution is -2.62. The standard InChI is InChI=1S/C46H65N7O13/c1-8-9-19-30(37(58)39(47)59)48-41(61)32(22-26(2)3)51-44(64)38(46(5,6)7)53-43(63)33(23-29-18-14-13-15-27(29)4)50-40(60)31(20-21-35(54)55)49-42(62)34(24-36(56)57)52-45(65)66-25-28-16-11-10-12-17-28/h10-18,26,30-34,38H,8-9,19-25H2,1-7H3,(H2,47,59)(H,48,61)(H,49,62)(H,50,60)(H,51,64)(H,52,65)(H,53,63)(H,54,55)(H,56,57)/t30-,31-,32-,33-,34-,38+/m0/s1. The SMILES string of the molecule is CCCC[C@H](NC(=O)[C@H](CC(C)C)NC(=O)[C@@H](NC(=O)[C@H](Cc1ccccc1C)NC(=O)[C@H](CCC(=O)O)NC(=O)[C@H](CC(=O)O)NC(=O)OCc1ccccc1)C(C)(C)C)C(=O)C(N)=O. The molecule has 7 amide bonds. The Kier molecular flexibility index (Phi) is 22.5. The van der Waals surface area contributed by atoms with Gasteiger partial charge in [-0.3, -0.25) is 43.2 Å². The van der Waals surface area contributed by atoms with E-state index in [0.717, 1.165) is 5.56 Å². The molecular formula is C46H65N7O13. The third kappa shape index (κ3) is 19.5. The fourth-order valence-electron chi connectivity index (χ4n) is 6.64. The number of primary amides is 1. The van der Waals surface area contributed by atoms with Crippen LogP contribution in [0.15, 0.2) is 54.6 Å². The smallest absolute Gasteiger partial charge is 0.408 e. The summed E-state index contributed by atoms with van der Waals surface area (Å²) in [4.78, 5) is 130. The van der Waals surface area contributed by atoms with Crippen molar-refractivity contribution < 1.29 is 62.9 Å². The van der Waals surface area contributed by atoms with Crippen LogP contribution in [0.1, 0.15) is 103 Å². The second kappa shape index (κ2) is 26.8. The number of aliphatic carboxylic acids is 2. The van der Waals surface area contributed by atoms with E-state index in [4.69, 9.17) is 10.5 Å². The third-order valence-corrected chi connectivity index (χ3v) is 10.3. The lowest BCUT2D eigenvalue weighted by Gasteiger charge is -2.34. The van der Waals surface area contributed by atoms with Gasteiger partial charge in [0.05, 0.1) is 12.5 Å². The van der Waals surface area contributed by atoms with E-state index in [1.165, 1.54) is 0 Å². The van der Waals surface area contributed by atoms with Crippen molar-refractivity contribution in [1.82, 2.24) is 31.9 Å². The number of carbonyl (C=O) groups excluding carboxylic acids is 8. The van der Waals surface area contributed by atoms with Crippen LogP contribution in [0.5, 0.6) is 0 Å². The van der Waals surface area contributed by atoms with Gasteiger partial charge in [-0.25, -0.2) is 4.79 Å². The van der Waals surface area contributed by atoms with E-state index in [0.29, 0.717) is 24.0 Å². The van der Waals surface area contributed by atoms with Crippen LogP contribution in [0.25, 0.3) is 0 Å². The van der Waals surface area contributed by atoms with E-state index in [-0.39, 0.29) is 31.8 Å². The maximum atomic E-state index is 14.4. The summed E-state index contributed by atoms with van der Waals surface area (Å²) in [6, 6.07) is 6.64. The van der Waals surface area contributed by atoms with Crippen molar-refractivity contribution in [3.63, 3.8) is 0 Å². The average Bonchev–Trinajstić information content (AvgIpc) is 3.23. The molecule has 0 spiro atoms. The monoisotopic (exact) mass is 923 g/mol. The van der Waals surface area contributed by atoms with Crippen LogP contribution in [0.4, 0.5) is 4.79 Å². The number of rotatable bonds is 27. The van der Waals surface area contributed by atoms with Crippen LogP contribution in [0.2, 0.25) is 0 Å². The van der Waals surface area contributed by atoms with Crippen molar-refractivity contribution in [2.24, 2.45) is 17.1 Å². The summed E-state index contributed by atoms with van der Waals surface area (Å²) in [5, 5.41) is 34.0. The van der Waals surface area contributed by atoms with Crippen LogP contribution in [-0.4, -0.2) is 106 Å². The van der Waals surface area contributed by atoms with Gasteiger partial charge in [0, 0.05) is 12.8 Å². The Morgan fingerprint density at radius 2 is 1.20 bits per heavy atom. The lowest BCUT2D eigenvalue weighted by atomic mass is 9.85. The molecule has 0 fully saturated rings. The minimum absolute atomic E-state index is 0.0980. The van der Waals surface area contributed by atoms with Gasteiger partial charge in [-0.15, -0.1) is 0 Å². The van der Waals surface area contributed by atoms with Gasteiger partial charge in [0.15, 0.2) is 0 Å². The number of unbranched alkanes of at least 4 members (excludes halogenated alkanes) is 1. The zero-order valence-corrected chi connectivity index (χ0v) is 38.6. The first-order valence-corrected chi connectivity index (χ1v) is 21.7. The first-order valence-electron chi connectivity index (χ1n) is 21.7. The molecule has 66 heavy (non-hydrogen) atoms. The minimum atomic E-state index is -1.78. The maximum Gasteiger partial charge on any atom is 0.408 e. The van der Waals surface area contributed by atoms with Crippen LogP contribution < -0.4 is 37.6 Å². The molecule has 20 nitrogen and oxygen atoms in total. The third-order valence-electron chi connectivity index (χ3n) is 10.3. The Labute approximate surface area is 384 Å². The molecule has 0 saturated carbocycles. The Balaban J connectivity index is 2.46. The maximum absolute atomic E-state index is 14.4. The molecule has 0 aromatic heterocycles. The van der Waals surface area contributed by atoms with E-state index in [2.05, 4.69) is 31.9 Å². The highest BCUT2D eigenvalue weighted by Crippen LogP contribution is 2.21. The number of nitrogens with one attached hydrogen (secondary N) is 6. The number of ether oxygens (including phenoxy) is 1. The first-order chi connectivity index (χ1) is 30.9. The normalized spacial score (nSPS) is 13.9. The Hall–Kier alpha value is -6.86. The van der Waals surface area contributed by atoms with Crippen molar-refractivity contribution in [3.05, 3.63) is 71.3 Å². The quantitative estimate of drug-likeness (QED) is 0.0580. The molecule has 2 aromatic rings. The number of hydrogen-bond donors (Lipinski definition) is 9. The summed E-state index contributed by atoms with van der Waals surface area (Å²) in [5.41, 5.74) is 6.13. The van der Waals surface area contributed by atoms with E-state index in [1.807, 2.05) is 6.92 Å². The number of carbonyl (C=O) groups is 10.